The summed E-state index contributed by atoms with van der Waals surface area (Å²) in [6.07, 6.45) is 3.34. The smallest absolute Gasteiger partial charge is 0.0991 e. The normalized spacial score (nSPS) is 9.68. The first-order valence-corrected chi connectivity index (χ1v) is 5.98. The van der Waals surface area contributed by atoms with Gasteiger partial charge in [-0.15, -0.1) is 0 Å². The average Bonchev–Trinajstić information content (AvgIpc) is 2.42. The molecule has 96 valence electrons. The molecule has 1 aromatic heterocycles. The third-order valence-corrected chi connectivity index (χ3v) is 2.62. The molecule has 0 spiro atoms. The van der Waals surface area contributed by atoms with Crippen molar-refractivity contribution in [2.45, 2.75) is 0 Å². The van der Waals surface area contributed by atoms with Crippen molar-refractivity contribution < 1.29 is 5.48 Å². The number of anilines is 1. The Morgan fingerprint density at radius 1 is 1.21 bits per heavy atom. The van der Waals surface area contributed by atoms with Crippen molar-refractivity contribution in [2.24, 2.45) is 5.10 Å². The summed E-state index contributed by atoms with van der Waals surface area (Å²) in [5, 5.41) is 12.7. The van der Waals surface area contributed by atoms with Crippen LogP contribution in [0.1, 0.15) is 11.3 Å². The molecular formula is C13H11BrN4O. The van der Waals surface area contributed by atoms with Gasteiger partial charge < -0.3 is 5.48 Å². The molecule has 0 saturated heterocycles. The molecule has 0 atom stereocenters. The Morgan fingerprint density at radius 3 is 2.53 bits per heavy atom. The molecule has 0 aliphatic rings. The zero-order valence-corrected chi connectivity index (χ0v) is 11.4. The van der Waals surface area contributed by atoms with Crippen molar-refractivity contribution in [2.75, 3.05) is 5.43 Å². The number of hydrogen-bond acceptors (Lipinski definition) is 4. The molecule has 2 rings (SSSR count). The third-order valence-electron chi connectivity index (χ3n) is 2.15. The standard InChI is InChI=1S/C13H9BrN4.H2O/c14-11-3-6-13(16-8-11)9-17-18-12-4-1-10(7-15)2-5-12;/h1-6,8-9,18H;1H2/b17-9+;. The Balaban J connectivity index is 0.00000180. The molecule has 0 amide bonds. The molecule has 1 heterocycles. The van der Waals surface area contributed by atoms with E-state index in [2.05, 4.69) is 37.5 Å². The molecule has 0 bridgehead atoms. The van der Waals surface area contributed by atoms with Gasteiger partial charge in [0.1, 0.15) is 0 Å². The van der Waals surface area contributed by atoms with Crippen LogP contribution in [0.15, 0.2) is 52.2 Å². The van der Waals surface area contributed by atoms with Crippen LogP contribution in [-0.2, 0) is 0 Å². The van der Waals surface area contributed by atoms with Gasteiger partial charge in [0.2, 0.25) is 0 Å². The highest BCUT2D eigenvalue weighted by molar-refractivity contribution is 9.10. The monoisotopic (exact) mass is 318 g/mol. The van der Waals surface area contributed by atoms with Crippen molar-refractivity contribution in [3.63, 3.8) is 0 Å². The highest BCUT2D eigenvalue weighted by Gasteiger charge is 1.92. The van der Waals surface area contributed by atoms with Gasteiger partial charge in [-0.25, -0.2) is 0 Å². The number of rotatable bonds is 3. The predicted molar refractivity (Wildman–Crippen MR) is 77.9 cm³/mol. The van der Waals surface area contributed by atoms with Crippen molar-refractivity contribution in [3.05, 3.63) is 58.3 Å². The van der Waals surface area contributed by atoms with Crippen molar-refractivity contribution in [1.29, 1.82) is 5.26 Å². The van der Waals surface area contributed by atoms with Crippen LogP contribution in [0.25, 0.3) is 0 Å². The molecule has 1 aromatic carbocycles. The van der Waals surface area contributed by atoms with E-state index in [4.69, 9.17) is 5.26 Å². The second kappa shape index (κ2) is 7.26. The summed E-state index contributed by atoms with van der Waals surface area (Å²) in [7, 11) is 0. The van der Waals surface area contributed by atoms with E-state index in [9.17, 15) is 0 Å². The van der Waals surface area contributed by atoms with Gasteiger partial charge in [0, 0.05) is 10.7 Å². The zero-order valence-electron chi connectivity index (χ0n) is 9.84. The predicted octanol–water partition coefficient (Wildman–Crippen LogP) is 2.34. The van der Waals surface area contributed by atoms with E-state index in [1.165, 1.54) is 0 Å². The molecule has 0 saturated carbocycles. The molecule has 0 fully saturated rings. The van der Waals surface area contributed by atoms with Crippen molar-refractivity contribution >= 4 is 27.8 Å². The minimum atomic E-state index is 0. The molecule has 3 N–H and O–H groups in total. The van der Waals surface area contributed by atoms with E-state index in [0.717, 1.165) is 15.9 Å². The van der Waals surface area contributed by atoms with Gasteiger partial charge in [-0.3, -0.25) is 10.4 Å². The molecule has 0 aliphatic heterocycles. The highest BCUT2D eigenvalue weighted by Crippen LogP contribution is 2.09. The summed E-state index contributed by atoms with van der Waals surface area (Å²) in [5.74, 6) is 0. The lowest BCUT2D eigenvalue weighted by Gasteiger charge is -1.99. The van der Waals surface area contributed by atoms with E-state index in [1.807, 2.05) is 12.1 Å². The fourth-order valence-electron chi connectivity index (χ4n) is 1.26. The lowest BCUT2D eigenvalue weighted by Crippen LogP contribution is -1.92. The SMILES string of the molecule is N#Cc1ccc(N/N=C/c2ccc(Br)cn2)cc1.O. The maximum Gasteiger partial charge on any atom is 0.0991 e. The largest absolute Gasteiger partial charge is 0.412 e. The first kappa shape index (κ1) is 14.8. The summed E-state index contributed by atoms with van der Waals surface area (Å²) in [4.78, 5) is 4.16. The van der Waals surface area contributed by atoms with E-state index in [-0.39, 0.29) is 5.48 Å². The number of aromatic nitrogens is 1. The molecule has 6 heteroatoms. The molecule has 0 radical (unpaired) electrons. The van der Waals surface area contributed by atoms with E-state index < -0.39 is 0 Å². The Bertz CT molecular complexity index is 588. The maximum atomic E-state index is 8.66. The van der Waals surface area contributed by atoms with Gasteiger partial charge in [0.05, 0.1) is 29.2 Å². The average molecular weight is 319 g/mol. The number of benzene rings is 1. The van der Waals surface area contributed by atoms with Crippen LogP contribution in [0.5, 0.6) is 0 Å². The van der Waals surface area contributed by atoms with Crippen LogP contribution >= 0.6 is 15.9 Å². The molecule has 19 heavy (non-hydrogen) atoms. The lowest BCUT2D eigenvalue weighted by atomic mass is 10.2. The van der Waals surface area contributed by atoms with Crippen LogP contribution in [0, 0.1) is 11.3 Å². The van der Waals surface area contributed by atoms with Crippen LogP contribution in [0.4, 0.5) is 5.69 Å². The molecule has 2 aromatic rings. The Kier molecular flexibility index (Phi) is 5.67. The number of pyridine rings is 1. The third kappa shape index (κ3) is 4.50. The highest BCUT2D eigenvalue weighted by atomic mass is 79.9. The maximum absolute atomic E-state index is 8.66. The topological polar surface area (TPSA) is 92.6 Å². The second-order valence-electron chi connectivity index (χ2n) is 3.46. The van der Waals surface area contributed by atoms with Gasteiger partial charge in [-0.05, 0) is 52.3 Å². The Morgan fingerprint density at radius 2 is 1.95 bits per heavy atom. The first-order valence-electron chi connectivity index (χ1n) is 5.19. The van der Waals surface area contributed by atoms with Gasteiger partial charge in [0.25, 0.3) is 0 Å². The second-order valence-corrected chi connectivity index (χ2v) is 4.38. The minimum absolute atomic E-state index is 0. The van der Waals surface area contributed by atoms with Crippen LogP contribution in [0.3, 0.4) is 0 Å². The van der Waals surface area contributed by atoms with Gasteiger partial charge in [-0.1, -0.05) is 0 Å². The summed E-state index contributed by atoms with van der Waals surface area (Å²) in [6, 6.07) is 12.9. The van der Waals surface area contributed by atoms with Crippen LogP contribution < -0.4 is 5.43 Å². The van der Waals surface area contributed by atoms with Gasteiger partial charge >= 0.3 is 0 Å². The molecule has 0 unspecified atom stereocenters. The van der Waals surface area contributed by atoms with E-state index >= 15 is 0 Å². The van der Waals surface area contributed by atoms with E-state index in [1.54, 1.807) is 36.7 Å². The minimum Gasteiger partial charge on any atom is -0.412 e. The van der Waals surface area contributed by atoms with Crippen LogP contribution in [-0.4, -0.2) is 16.7 Å². The quantitative estimate of drug-likeness (QED) is 0.695. The fourth-order valence-corrected chi connectivity index (χ4v) is 1.49. The number of nitriles is 1. The number of hydrogen-bond donors (Lipinski definition) is 1. The number of nitrogens with one attached hydrogen (secondary N) is 1. The van der Waals surface area contributed by atoms with Crippen LogP contribution in [0.2, 0.25) is 0 Å². The summed E-state index contributed by atoms with van der Waals surface area (Å²) < 4.78 is 0.930. The Hall–Kier alpha value is -2.23. The van der Waals surface area contributed by atoms with Gasteiger partial charge in [0.15, 0.2) is 0 Å². The fraction of sp³-hybridized carbons (Fsp3) is 0. The Labute approximate surface area is 119 Å². The molecular weight excluding hydrogens is 308 g/mol. The zero-order chi connectivity index (χ0) is 12.8. The summed E-state index contributed by atoms with van der Waals surface area (Å²) in [5.41, 5.74) is 5.08. The van der Waals surface area contributed by atoms with E-state index in [0.29, 0.717) is 5.56 Å². The molecule has 5 nitrogen and oxygen atoms in total. The van der Waals surface area contributed by atoms with Crippen molar-refractivity contribution in [1.82, 2.24) is 4.98 Å². The van der Waals surface area contributed by atoms with Gasteiger partial charge in [-0.2, -0.15) is 10.4 Å². The van der Waals surface area contributed by atoms with Crippen molar-refractivity contribution in [3.8, 4) is 6.07 Å². The number of halogens is 1. The first-order chi connectivity index (χ1) is 8.78. The number of hydrazone groups is 1. The lowest BCUT2D eigenvalue weighted by molar-refractivity contribution is 0.824. The molecule has 0 aliphatic carbocycles. The summed E-state index contributed by atoms with van der Waals surface area (Å²) >= 11 is 3.31. The number of nitrogens with zero attached hydrogens (tertiary/aromatic N) is 3. The summed E-state index contributed by atoms with van der Waals surface area (Å²) in [6.45, 7) is 0.